The summed E-state index contributed by atoms with van der Waals surface area (Å²) in [4.78, 5) is 0. The number of hydrogen-bond donors (Lipinski definition) is 1. The third-order valence-corrected chi connectivity index (χ3v) is 3.58. The van der Waals surface area contributed by atoms with Gasteiger partial charge in [0.25, 0.3) is 0 Å². The second kappa shape index (κ2) is 5.09. The van der Waals surface area contributed by atoms with Crippen molar-refractivity contribution in [3.8, 4) is 5.75 Å². The Kier molecular flexibility index (Phi) is 3.72. The smallest absolute Gasteiger partial charge is 0.125 e. The predicted octanol–water partition coefficient (Wildman–Crippen LogP) is 3.84. The Morgan fingerprint density at radius 2 is 1.88 bits per heavy atom. The Morgan fingerprint density at radius 3 is 2.53 bits per heavy atom. The van der Waals surface area contributed by atoms with Crippen molar-refractivity contribution in [3.05, 3.63) is 29.8 Å². The second-order valence-corrected chi connectivity index (χ2v) is 5.04. The van der Waals surface area contributed by atoms with Gasteiger partial charge in [-0.1, -0.05) is 44.9 Å². The Morgan fingerprint density at radius 1 is 1.24 bits per heavy atom. The predicted molar refractivity (Wildman–Crippen MR) is 69.2 cm³/mol. The van der Waals surface area contributed by atoms with Crippen molar-refractivity contribution in [2.45, 2.75) is 57.7 Å². The van der Waals surface area contributed by atoms with E-state index in [0.717, 1.165) is 43.4 Å². The van der Waals surface area contributed by atoms with Crippen molar-refractivity contribution in [2.75, 3.05) is 0 Å². The molecule has 0 bridgehead atoms. The molecule has 0 fully saturated rings. The van der Waals surface area contributed by atoms with E-state index in [0.29, 0.717) is 0 Å². The zero-order chi connectivity index (χ0) is 12.3. The lowest BCUT2D eigenvalue weighted by Gasteiger charge is -2.41. The van der Waals surface area contributed by atoms with Gasteiger partial charge in [0.05, 0.1) is 6.10 Å². The monoisotopic (exact) mass is 234 g/mol. The number of para-hydroxylation sites is 1. The van der Waals surface area contributed by atoms with E-state index in [1.807, 2.05) is 24.3 Å². The standard InChI is InChI=1S/C15H22O2/c1-3-9-15(10-4-2)11-13(16)12-7-5-6-8-14(12)17-15/h5-8,13,16H,3-4,9-11H2,1-2H3/t13-/m0/s1. The van der Waals surface area contributed by atoms with E-state index in [4.69, 9.17) is 4.74 Å². The minimum absolute atomic E-state index is 0.155. The van der Waals surface area contributed by atoms with Gasteiger partial charge in [-0.15, -0.1) is 0 Å². The molecule has 94 valence electrons. The number of benzene rings is 1. The van der Waals surface area contributed by atoms with Crippen LogP contribution in [0, 0.1) is 0 Å². The molecule has 0 saturated carbocycles. The molecule has 0 amide bonds. The van der Waals surface area contributed by atoms with Gasteiger partial charge in [-0.25, -0.2) is 0 Å². The molecule has 1 N–H and O–H groups in total. The molecule has 0 saturated heterocycles. The minimum Gasteiger partial charge on any atom is -0.487 e. The lowest BCUT2D eigenvalue weighted by Crippen LogP contribution is -2.41. The molecule has 0 unspecified atom stereocenters. The van der Waals surface area contributed by atoms with Crippen LogP contribution in [-0.2, 0) is 0 Å². The summed E-state index contributed by atoms with van der Waals surface area (Å²) in [5, 5.41) is 10.3. The Hall–Kier alpha value is -1.02. The summed E-state index contributed by atoms with van der Waals surface area (Å²) >= 11 is 0. The molecule has 1 aromatic rings. The van der Waals surface area contributed by atoms with Crippen LogP contribution in [-0.4, -0.2) is 10.7 Å². The van der Waals surface area contributed by atoms with E-state index in [9.17, 15) is 5.11 Å². The molecule has 2 heteroatoms. The van der Waals surface area contributed by atoms with E-state index in [-0.39, 0.29) is 11.7 Å². The van der Waals surface area contributed by atoms with Crippen LogP contribution in [0.5, 0.6) is 5.75 Å². The van der Waals surface area contributed by atoms with Gasteiger partial charge < -0.3 is 9.84 Å². The molecule has 1 aliphatic rings. The Bertz CT molecular complexity index is 367. The maximum absolute atomic E-state index is 10.3. The van der Waals surface area contributed by atoms with Gasteiger partial charge in [0.2, 0.25) is 0 Å². The van der Waals surface area contributed by atoms with Crippen LogP contribution in [0.3, 0.4) is 0 Å². The van der Waals surface area contributed by atoms with E-state index < -0.39 is 0 Å². The maximum atomic E-state index is 10.3. The highest BCUT2D eigenvalue weighted by Crippen LogP contribution is 2.43. The highest BCUT2D eigenvalue weighted by atomic mass is 16.5. The third kappa shape index (κ3) is 2.47. The van der Waals surface area contributed by atoms with E-state index >= 15 is 0 Å². The molecule has 2 nitrogen and oxygen atoms in total. The fourth-order valence-corrected chi connectivity index (χ4v) is 2.93. The molecule has 0 spiro atoms. The minimum atomic E-state index is -0.377. The molecular formula is C15H22O2. The summed E-state index contributed by atoms with van der Waals surface area (Å²) in [6, 6.07) is 7.86. The number of aliphatic hydroxyl groups excluding tert-OH is 1. The largest absolute Gasteiger partial charge is 0.487 e. The molecule has 17 heavy (non-hydrogen) atoms. The van der Waals surface area contributed by atoms with Gasteiger partial charge in [-0.3, -0.25) is 0 Å². The fourth-order valence-electron chi connectivity index (χ4n) is 2.93. The normalized spacial score (nSPS) is 21.7. The van der Waals surface area contributed by atoms with Crippen molar-refractivity contribution in [3.63, 3.8) is 0 Å². The summed E-state index contributed by atoms with van der Waals surface area (Å²) in [5.74, 6) is 0.869. The van der Waals surface area contributed by atoms with Gasteiger partial charge >= 0.3 is 0 Å². The van der Waals surface area contributed by atoms with Crippen molar-refractivity contribution in [2.24, 2.45) is 0 Å². The first-order chi connectivity index (χ1) is 8.21. The van der Waals surface area contributed by atoms with Crippen molar-refractivity contribution in [1.82, 2.24) is 0 Å². The molecule has 2 rings (SSSR count). The molecule has 0 radical (unpaired) electrons. The molecule has 1 aromatic carbocycles. The summed E-state index contributed by atoms with van der Waals surface area (Å²) < 4.78 is 6.21. The third-order valence-electron chi connectivity index (χ3n) is 3.58. The molecule has 1 atom stereocenters. The molecular weight excluding hydrogens is 212 g/mol. The Labute approximate surface area is 104 Å². The van der Waals surface area contributed by atoms with E-state index in [1.54, 1.807) is 0 Å². The zero-order valence-corrected chi connectivity index (χ0v) is 10.8. The quantitative estimate of drug-likeness (QED) is 0.857. The lowest BCUT2D eigenvalue weighted by molar-refractivity contribution is -0.0267. The summed E-state index contributed by atoms with van der Waals surface area (Å²) in [6.45, 7) is 4.35. The number of ether oxygens (including phenoxy) is 1. The number of fused-ring (bicyclic) bond motifs is 1. The zero-order valence-electron chi connectivity index (χ0n) is 10.8. The first kappa shape index (κ1) is 12.4. The van der Waals surface area contributed by atoms with Gasteiger partial charge in [-0.05, 0) is 18.9 Å². The van der Waals surface area contributed by atoms with E-state index in [1.165, 1.54) is 0 Å². The summed E-state index contributed by atoms with van der Waals surface area (Å²) in [7, 11) is 0. The van der Waals surface area contributed by atoms with Crippen LogP contribution in [0.2, 0.25) is 0 Å². The fraction of sp³-hybridized carbons (Fsp3) is 0.600. The molecule has 1 heterocycles. The van der Waals surface area contributed by atoms with Gasteiger partial charge in [-0.2, -0.15) is 0 Å². The first-order valence-electron chi connectivity index (χ1n) is 6.67. The molecule has 0 aromatic heterocycles. The van der Waals surface area contributed by atoms with Crippen LogP contribution < -0.4 is 4.74 Å². The van der Waals surface area contributed by atoms with Crippen molar-refractivity contribution >= 4 is 0 Å². The number of aliphatic hydroxyl groups is 1. The van der Waals surface area contributed by atoms with Crippen LogP contribution in [0.1, 0.15) is 57.6 Å². The van der Waals surface area contributed by atoms with Crippen LogP contribution in [0.4, 0.5) is 0 Å². The lowest BCUT2D eigenvalue weighted by atomic mass is 9.82. The van der Waals surface area contributed by atoms with Gasteiger partial charge in [0.15, 0.2) is 0 Å². The number of rotatable bonds is 4. The maximum Gasteiger partial charge on any atom is 0.125 e. The Balaban J connectivity index is 2.29. The van der Waals surface area contributed by atoms with Crippen LogP contribution >= 0.6 is 0 Å². The second-order valence-electron chi connectivity index (χ2n) is 5.04. The summed E-state index contributed by atoms with van der Waals surface area (Å²) in [6.07, 6.45) is 4.58. The topological polar surface area (TPSA) is 29.5 Å². The molecule has 0 aliphatic carbocycles. The first-order valence-corrected chi connectivity index (χ1v) is 6.67. The van der Waals surface area contributed by atoms with Crippen molar-refractivity contribution in [1.29, 1.82) is 0 Å². The highest BCUT2D eigenvalue weighted by molar-refractivity contribution is 5.37. The number of hydrogen-bond acceptors (Lipinski definition) is 2. The average Bonchev–Trinajstić information content (AvgIpc) is 2.29. The summed E-state index contributed by atoms with van der Waals surface area (Å²) in [5.41, 5.74) is 0.785. The average molecular weight is 234 g/mol. The van der Waals surface area contributed by atoms with Crippen LogP contribution in [0.25, 0.3) is 0 Å². The van der Waals surface area contributed by atoms with Crippen LogP contribution in [0.15, 0.2) is 24.3 Å². The molecule has 1 aliphatic heterocycles. The van der Waals surface area contributed by atoms with E-state index in [2.05, 4.69) is 13.8 Å². The van der Waals surface area contributed by atoms with Crippen molar-refractivity contribution < 1.29 is 9.84 Å². The van der Waals surface area contributed by atoms with Gasteiger partial charge in [0.1, 0.15) is 11.4 Å². The highest BCUT2D eigenvalue weighted by Gasteiger charge is 2.38. The van der Waals surface area contributed by atoms with Gasteiger partial charge in [0, 0.05) is 12.0 Å². The SMILES string of the molecule is CCCC1(CCC)C[C@H](O)c2ccccc2O1.